The second-order valence-corrected chi connectivity index (χ2v) is 7.77. The Labute approximate surface area is 184 Å². The van der Waals surface area contributed by atoms with Gasteiger partial charge in [0.15, 0.2) is 5.16 Å². The van der Waals surface area contributed by atoms with Crippen molar-refractivity contribution >= 4 is 35.0 Å². The van der Waals surface area contributed by atoms with E-state index in [1.165, 1.54) is 23.9 Å². The summed E-state index contributed by atoms with van der Waals surface area (Å²) < 4.78 is 15.5. The number of aryl methyl sites for hydroxylation is 2. The summed E-state index contributed by atoms with van der Waals surface area (Å²) in [5.41, 5.74) is 1.93. The highest BCUT2D eigenvalue weighted by Gasteiger charge is 2.15. The summed E-state index contributed by atoms with van der Waals surface area (Å²) in [4.78, 5) is 24.5. The van der Waals surface area contributed by atoms with Crippen molar-refractivity contribution in [1.29, 1.82) is 0 Å². The quantitative estimate of drug-likeness (QED) is 0.489. The Morgan fingerprint density at radius 1 is 1.00 bits per heavy atom. The van der Waals surface area contributed by atoms with E-state index in [1.807, 2.05) is 42.7 Å². The Hall–Kier alpha value is -3.20. The van der Waals surface area contributed by atoms with Gasteiger partial charge in [0.05, 0.1) is 11.4 Å². The number of nitrogens with one attached hydrogen (secondary N) is 2. The number of hydrogen-bond acceptors (Lipinski definition) is 5. The molecule has 31 heavy (non-hydrogen) atoms. The SMILES string of the molecule is CCn1c(CCC(=O)Nc2ccccc2F)nnc1SCC(=O)Nc1ccccc1C. The maximum Gasteiger partial charge on any atom is 0.234 e. The molecule has 9 heteroatoms. The van der Waals surface area contributed by atoms with Gasteiger partial charge in [0.25, 0.3) is 0 Å². The van der Waals surface area contributed by atoms with Gasteiger partial charge in [-0.3, -0.25) is 9.59 Å². The molecule has 0 aliphatic rings. The van der Waals surface area contributed by atoms with Gasteiger partial charge in [-0.25, -0.2) is 4.39 Å². The third-order valence-corrected chi connectivity index (χ3v) is 5.55. The first-order chi connectivity index (χ1) is 15.0. The number of anilines is 2. The first-order valence-corrected chi connectivity index (χ1v) is 10.9. The van der Waals surface area contributed by atoms with Crippen molar-refractivity contribution in [1.82, 2.24) is 14.8 Å². The number of amides is 2. The van der Waals surface area contributed by atoms with Crippen molar-refractivity contribution in [2.24, 2.45) is 0 Å². The van der Waals surface area contributed by atoms with Crippen LogP contribution in [0.1, 0.15) is 24.7 Å². The summed E-state index contributed by atoms with van der Waals surface area (Å²) in [6.45, 7) is 4.49. The second-order valence-electron chi connectivity index (χ2n) is 6.82. The van der Waals surface area contributed by atoms with Crippen LogP contribution in [0.3, 0.4) is 0 Å². The zero-order valence-electron chi connectivity index (χ0n) is 17.4. The lowest BCUT2D eigenvalue weighted by Gasteiger charge is -2.09. The number of benzene rings is 2. The number of carbonyl (C=O) groups excluding carboxylic acids is 2. The van der Waals surface area contributed by atoms with Crippen molar-refractivity contribution < 1.29 is 14.0 Å². The Morgan fingerprint density at radius 3 is 2.39 bits per heavy atom. The summed E-state index contributed by atoms with van der Waals surface area (Å²) in [5, 5.41) is 14.4. The molecule has 0 saturated heterocycles. The molecule has 3 aromatic rings. The molecule has 0 fully saturated rings. The van der Waals surface area contributed by atoms with E-state index in [0.29, 0.717) is 23.9 Å². The van der Waals surface area contributed by atoms with E-state index in [4.69, 9.17) is 0 Å². The van der Waals surface area contributed by atoms with Crippen LogP contribution in [0.25, 0.3) is 0 Å². The molecule has 2 aromatic carbocycles. The van der Waals surface area contributed by atoms with E-state index in [9.17, 15) is 14.0 Å². The molecule has 0 radical (unpaired) electrons. The number of aromatic nitrogens is 3. The second kappa shape index (κ2) is 10.7. The zero-order valence-corrected chi connectivity index (χ0v) is 18.2. The molecule has 2 N–H and O–H groups in total. The molecule has 1 heterocycles. The largest absolute Gasteiger partial charge is 0.325 e. The minimum Gasteiger partial charge on any atom is -0.325 e. The molecule has 1 aromatic heterocycles. The van der Waals surface area contributed by atoms with Crippen LogP contribution in [0.2, 0.25) is 0 Å². The van der Waals surface area contributed by atoms with Gasteiger partial charge in [-0.1, -0.05) is 42.1 Å². The smallest absolute Gasteiger partial charge is 0.234 e. The molecule has 0 unspecified atom stereocenters. The van der Waals surface area contributed by atoms with Crippen LogP contribution >= 0.6 is 11.8 Å². The van der Waals surface area contributed by atoms with Crippen LogP contribution < -0.4 is 10.6 Å². The topological polar surface area (TPSA) is 88.9 Å². The summed E-state index contributed by atoms with van der Waals surface area (Å²) in [6.07, 6.45) is 0.502. The first-order valence-electron chi connectivity index (χ1n) is 9.92. The molecule has 7 nitrogen and oxygen atoms in total. The van der Waals surface area contributed by atoms with Gasteiger partial charge in [0.1, 0.15) is 11.6 Å². The van der Waals surface area contributed by atoms with Crippen molar-refractivity contribution in [2.75, 3.05) is 16.4 Å². The van der Waals surface area contributed by atoms with E-state index in [1.54, 1.807) is 12.1 Å². The van der Waals surface area contributed by atoms with Crippen LogP contribution in [0.15, 0.2) is 53.7 Å². The summed E-state index contributed by atoms with van der Waals surface area (Å²) in [5.74, 6) is -0.0678. The molecule has 3 rings (SSSR count). The Bertz CT molecular complexity index is 989. The molecule has 162 valence electrons. The highest BCUT2D eigenvalue weighted by Crippen LogP contribution is 2.20. The Kier molecular flexibility index (Phi) is 7.77. The van der Waals surface area contributed by atoms with Gasteiger partial charge in [0.2, 0.25) is 11.8 Å². The standard InChI is InChI=1S/C22H24FN5O2S/c1-3-28-19(12-13-20(29)25-18-11-7-5-9-16(18)23)26-27-22(28)31-14-21(30)24-17-10-6-4-8-15(17)2/h4-11H,3,12-14H2,1-2H3,(H,24,30)(H,25,29). The van der Waals surface area contributed by atoms with Crippen molar-refractivity contribution in [3.05, 3.63) is 65.7 Å². The van der Waals surface area contributed by atoms with Crippen molar-refractivity contribution in [3.8, 4) is 0 Å². The maximum absolute atomic E-state index is 13.7. The molecular formula is C22H24FN5O2S. The lowest BCUT2D eigenvalue weighted by molar-refractivity contribution is -0.116. The molecular weight excluding hydrogens is 417 g/mol. The van der Waals surface area contributed by atoms with Crippen molar-refractivity contribution in [2.45, 2.75) is 38.4 Å². The number of thioether (sulfide) groups is 1. The molecule has 0 saturated carbocycles. The van der Waals surface area contributed by atoms with Gasteiger partial charge in [-0.05, 0) is 37.6 Å². The number of nitrogens with zero attached hydrogens (tertiary/aromatic N) is 3. The normalized spacial score (nSPS) is 10.7. The molecule has 0 aliphatic carbocycles. The lowest BCUT2D eigenvalue weighted by Crippen LogP contribution is -2.16. The molecule has 0 spiro atoms. The number of halogens is 1. The van der Waals surface area contributed by atoms with Crippen LogP contribution in [-0.4, -0.2) is 32.3 Å². The van der Waals surface area contributed by atoms with Crippen LogP contribution in [0.4, 0.5) is 15.8 Å². The average Bonchev–Trinajstić information content (AvgIpc) is 3.16. The Morgan fingerprint density at radius 2 is 1.68 bits per heavy atom. The highest BCUT2D eigenvalue weighted by atomic mass is 32.2. The van der Waals surface area contributed by atoms with Gasteiger partial charge < -0.3 is 15.2 Å². The monoisotopic (exact) mass is 441 g/mol. The highest BCUT2D eigenvalue weighted by molar-refractivity contribution is 7.99. The van der Waals surface area contributed by atoms with Crippen molar-refractivity contribution in [3.63, 3.8) is 0 Å². The number of rotatable bonds is 9. The fourth-order valence-corrected chi connectivity index (χ4v) is 3.78. The van der Waals surface area contributed by atoms with E-state index in [-0.39, 0.29) is 29.7 Å². The summed E-state index contributed by atoms with van der Waals surface area (Å²) in [6, 6.07) is 13.6. The van der Waals surface area contributed by atoms with Crippen LogP contribution in [0, 0.1) is 12.7 Å². The predicted octanol–water partition coefficient (Wildman–Crippen LogP) is 4.05. The molecule has 2 amide bonds. The first kappa shape index (κ1) is 22.5. The Balaban J connectivity index is 1.54. The molecule has 0 atom stereocenters. The van der Waals surface area contributed by atoms with Gasteiger partial charge >= 0.3 is 0 Å². The van der Waals surface area contributed by atoms with Gasteiger partial charge in [-0.15, -0.1) is 10.2 Å². The predicted molar refractivity (Wildman–Crippen MR) is 120 cm³/mol. The minimum atomic E-state index is -0.477. The minimum absolute atomic E-state index is 0.129. The maximum atomic E-state index is 13.7. The third kappa shape index (κ3) is 6.14. The van der Waals surface area contributed by atoms with Crippen LogP contribution in [-0.2, 0) is 22.6 Å². The van der Waals surface area contributed by atoms with Crippen LogP contribution in [0.5, 0.6) is 0 Å². The van der Waals surface area contributed by atoms with E-state index >= 15 is 0 Å². The summed E-state index contributed by atoms with van der Waals surface area (Å²) in [7, 11) is 0. The molecule has 0 aliphatic heterocycles. The average molecular weight is 442 g/mol. The third-order valence-electron chi connectivity index (χ3n) is 4.58. The fraction of sp³-hybridized carbons (Fsp3) is 0.273. The van der Waals surface area contributed by atoms with E-state index < -0.39 is 5.82 Å². The molecule has 0 bridgehead atoms. The van der Waals surface area contributed by atoms with E-state index in [2.05, 4.69) is 20.8 Å². The van der Waals surface area contributed by atoms with Gasteiger partial charge in [-0.2, -0.15) is 0 Å². The number of carbonyl (C=O) groups is 2. The number of para-hydroxylation sites is 2. The lowest BCUT2D eigenvalue weighted by atomic mass is 10.2. The van der Waals surface area contributed by atoms with E-state index in [0.717, 1.165) is 11.3 Å². The fourth-order valence-electron chi connectivity index (χ4n) is 2.96. The zero-order chi connectivity index (χ0) is 22.2. The number of hydrogen-bond donors (Lipinski definition) is 2. The van der Waals surface area contributed by atoms with Gasteiger partial charge in [0, 0.05) is 25.1 Å². The summed E-state index contributed by atoms with van der Waals surface area (Å²) >= 11 is 1.29.